The van der Waals surface area contributed by atoms with Crippen LogP contribution in [-0.2, 0) is 21.3 Å². The number of fused-ring (bicyclic) bond motifs is 1. The number of rotatable bonds is 12. The van der Waals surface area contributed by atoms with Crippen molar-refractivity contribution in [3.8, 4) is 23.7 Å². The highest BCUT2D eigenvalue weighted by Gasteiger charge is 2.30. The van der Waals surface area contributed by atoms with Crippen molar-refractivity contribution in [2.24, 2.45) is 5.14 Å². The molecule has 0 amide bonds. The molecule has 0 aliphatic heterocycles. The largest absolute Gasteiger partial charge is 0.477 e. The first-order valence-corrected chi connectivity index (χ1v) is 16.0. The predicted octanol–water partition coefficient (Wildman–Crippen LogP) is 4.52. The lowest BCUT2D eigenvalue weighted by Crippen LogP contribution is -2.39. The fourth-order valence-electron chi connectivity index (χ4n) is 5.49. The number of alkyl halides is 3. The monoisotopic (exact) mass is 646 g/mol. The van der Waals surface area contributed by atoms with Crippen molar-refractivity contribution in [1.29, 1.82) is 5.26 Å². The minimum absolute atomic E-state index is 0.00163. The second-order valence-electron chi connectivity index (χ2n) is 10.9. The number of nitrogens with one attached hydrogen (secondary N) is 2. The van der Waals surface area contributed by atoms with Gasteiger partial charge in [0, 0.05) is 42.9 Å². The Bertz CT molecular complexity index is 1680. The van der Waals surface area contributed by atoms with Crippen LogP contribution in [0.25, 0.3) is 10.9 Å². The fraction of sp³-hybridized carbons (Fsp3) is 0.452. The van der Waals surface area contributed by atoms with E-state index in [4.69, 9.17) is 19.9 Å². The number of nitriles is 1. The first-order valence-electron chi connectivity index (χ1n) is 14.4. The normalized spacial score (nSPS) is 17.0. The second-order valence-corrected chi connectivity index (χ2v) is 12.5. The summed E-state index contributed by atoms with van der Waals surface area (Å²) in [5.74, 6) is 5.78. The number of aromatic nitrogens is 1. The summed E-state index contributed by atoms with van der Waals surface area (Å²) in [4.78, 5) is 2.12. The average molecular weight is 647 g/mol. The molecule has 1 aromatic heterocycles. The van der Waals surface area contributed by atoms with Crippen LogP contribution in [0.2, 0.25) is 0 Å². The number of benzene rings is 2. The van der Waals surface area contributed by atoms with Gasteiger partial charge in [0.2, 0.25) is 10.0 Å². The molecular formula is C31H37F3N6O4S. The highest BCUT2D eigenvalue weighted by atomic mass is 32.2. The van der Waals surface area contributed by atoms with Crippen molar-refractivity contribution >= 4 is 32.3 Å². The van der Waals surface area contributed by atoms with Crippen LogP contribution in [0.15, 0.2) is 47.4 Å². The van der Waals surface area contributed by atoms with Gasteiger partial charge in [0.1, 0.15) is 18.4 Å². The van der Waals surface area contributed by atoms with E-state index in [-0.39, 0.29) is 35.5 Å². The van der Waals surface area contributed by atoms with Crippen LogP contribution in [-0.4, -0.2) is 76.6 Å². The van der Waals surface area contributed by atoms with E-state index < -0.39 is 22.7 Å². The number of nitrogens with two attached hydrogens (primary N) is 1. The zero-order chi connectivity index (χ0) is 32.6. The van der Waals surface area contributed by atoms with Gasteiger partial charge in [-0.15, -0.1) is 0 Å². The van der Waals surface area contributed by atoms with Crippen molar-refractivity contribution in [1.82, 2.24) is 9.47 Å². The van der Waals surface area contributed by atoms with Crippen molar-refractivity contribution < 1.29 is 31.1 Å². The van der Waals surface area contributed by atoms with E-state index in [0.29, 0.717) is 29.2 Å². The van der Waals surface area contributed by atoms with Crippen LogP contribution >= 0.6 is 0 Å². The Balaban J connectivity index is 1.53. The molecule has 10 nitrogen and oxygen atoms in total. The smallest absolute Gasteiger partial charge is 0.406 e. The molecule has 4 N–H and O–H groups in total. The van der Waals surface area contributed by atoms with Gasteiger partial charge in [-0.2, -0.15) is 18.4 Å². The summed E-state index contributed by atoms with van der Waals surface area (Å²) in [7, 11) is -0.215. The quantitative estimate of drug-likeness (QED) is 0.245. The molecule has 0 unspecified atom stereocenters. The van der Waals surface area contributed by atoms with E-state index in [1.54, 1.807) is 31.4 Å². The number of methoxy groups -OCH3 is 1. The summed E-state index contributed by atoms with van der Waals surface area (Å²) in [5.41, 5.74) is 1.73. The lowest BCUT2D eigenvalue weighted by atomic mass is 9.90. The SMILES string of the molecule is COCCN(C)C1CCC(Nc2cccc3c2cc(C#CCNc2ccc(S(N)(=O)=O)cc2OCC#N)n3CC(F)(F)F)CC1. The number of likely N-dealkylation sites (N-methyl/N-ethyl adjacent to an activating group) is 1. The number of anilines is 2. The topological polar surface area (TPSA) is 135 Å². The van der Waals surface area contributed by atoms with Crippen LogP contribution < -0.4 is 20.5 Å². The van der Waals surface area contributed by atoms with Gasteiger partial charge in [0.05, 0.1) is 34.9 Å². The standard InChI is InChI=1S/C31H37F3N6O4S/c1-39(16-18-43-2)23-10-8-22(9-11-23)38-27-6-3-7-29-26(27)19-24(40(29)21-31(32,33)34)5-4-15-37-28-13-12-25(45(36,41)42)20-30(28)44-17-14-35/h3,6-7,12-13,19-20,22-23,37-38H,8-11,15-18,21H2,1-2H3,(H2,36,41,42). The first-order chi connectivity index (χ1) is 21.4. The minimum atomic E-state index is -4.46. The first kappa shape index (κ1) is 33.9. The van der Waals surface area contributed by atoms with Crippen LogP contribution in [0.1, 0.15) is 31.4 Å². The highest BCUT2D eigenvalue weighted by molar-refractivity contribution is 7.89. The molecule has 1 aliphatic rings. The highest BCUT2D eigenvalue weighted by Crippen LogP contribution is 2.33. The van der Waals surface area contributed by atoms with E-state index >= 15 is 0 Å². The molecule has 14 heteroatoms. The fourth-order valence-corrected chi connectivity index (χ4v) is 6.02. The summed E-state index contributed by atoms with van der Waals surface area (Å²) < 4.78 is 76.1. The average Bonchev–Trinajstić information content (AvgIpc) is 3.33. The lowest BCUT2D eigenvalue weighted by molar-refractivity contribution is -0.140. The van der Waals surface area contributed by atoms with Gasteiger partial charge < -0.3 is 29.6 Å². The van der Waals surface area contributed by atoms with E-state index in [9.17, 15) is 21.6 Å². The van der Waals surface area contributed by atoms with E-state index in [1.165, 1.54) is 18.2 Å². The zero-order valence-electron chi connectivity index (χ0n) is 25.2. The Hall–Kier alpha value is -3.95. The molecule has 2 aromatic carbocycles. The van der Waals surface area contributed by atoms with E-state index in [0.717, 1.165) is 42.5 Å². The molecular weight excluding hydrogens is 609 g/mol. The van der Waals surface area contributed by atoms with Gasteiger partial charge in [-0.05, 0) is 69.0 Å². The Morgan fingerprint density at radius 1 is 1.13 bits per heavy atom. The number of nitrogens with zero attached hydrogens (tertiary/aromatic N) is 3. The maximum Gasteiger partial charge on any atom is 0.406 e. The Labute approximate surface area is 261 Å². The van der Waals surface area contributed by atoms with Crippen molar-refractivity contribution in [3.05, 3.63) is 48.2 Å². The number of halogens is 3. The van der Waals surface area contributed by atoms with Crippen LogP contribution in [0.5, 0.6) is 5.75 Å². The number of primary sulfonamides is 1. The Kier molecular flexibility index (Phi) is 11.2. The third kappa shape index (κ3) is 9.28. The van der Waals surface area contributed by atoms with E-state index in [2.05, 4.69) is 34.4 Å². The summed E-state index contributed by atoms with van der Waals surface area (Å²) in [6, 6.07) is 13.3. The second kappa shape index (κ2) is 14.9. The summed E-state index contributed by atoms with van der Waals surface area (Å²) in [6.45, 7) is 0.00962. The Morgan fingerprint density at radius 3 is 2.56 bits per heavy atom. The van der Waals surface area contributed by atoms with Crippen molar-refractivity contribution in [2.75, 3.05) is 51.1 Å². The molecule has 0 radical (unpaired) electrons. The van der Waals surface area contributed by atoms with E-state index in [1.807, 2.05) is 6.07 Å². The van der Waals surface area contributed by atoms with Crippen LogP contribution in [0.3, 0.4) is 0 Å². The molecule has 1 aliphatic carbocycles. The number of hydrogen-bond acceptors (Lipinski definition) is 8. The summed E-state index contributed by atoms with van der Waals surface area (Å²) >= 11 is 0. The molecule has 0 bridgehead atoms. The Morgan fingerprint density at radius 2 is 1.89 bits per heavy atom. The molecule has 0 atom stereocenters. The third-order valence-electron chi connectivity index (χ3n) is 7.77. The maximum atomic E-state index is 13.7. The van der Waals surface area contributed by atoms with Crippen LogP contribution in [0, 0.1) is 23.2 Å². The zero-order valence-corrected chi connectivity index (χ0v) is 26.0. The van der Waals surface area contributed by atoms with Crippen molar-refractivity contribution in [3.63, 3.8) is 0 Å². The molecule has 242 valence electrons. The predicted molar refractivity (Wildman–Crippen MR) is 166 cm³/mol. The minimum Gasteiger partial charge on any atom is -0.477 e. The van der Waals surface area contributed by atoms with Crippen LogP contribution in [0.4, 0.5) is 24.5 Å². The number of hydrogen-bond donors (Lipinski definition) is 3. The molecule has 1 heterocycles. The van der Waals surface area contributed by atoms with Gasteiger partial charge in [0.15, 0.2) is 6.61 Å². The van der Waals surface area contributed by atoms with Gasteiger partial charge in [0.25, 0.3) is 0 Å². The lowest BCUT2D eigenvalue weighted by Gasteiger charge is -2.35. The summed E-state index contributed by atoms with van der Waals surface area (Å²) in [6.07, 6.45) is -0.548. The van der Waals surface area contributed by atoms with Crippen molar-refractivity contribution in [2.45, 2.75) is 55.4 Å². The molecule has 4 rings (SSSR count). The molecule has 3 aromatic rings. The van der Waals surface area contributed by atoms with Gasteiger partial charge in [-0.1, -0.05) is 12.0 Å². The number of ether oxygens (including phenoxy) is 2. The molecule has 45 heavy (non-hydrogen) atoms. The number of sulfonamides is 1. The summed E-state index contributed by atoms with van der Waals surface area (Å²) in [5, 5.41) is 21.2. The molecule has 1 fully saturated rings. The third-order valence-corrected chi connectivity index (χ3v) is 8.68. The molecule has 1 saturated carbocycles. The molecule has 0 spiro atoms. The van der Waals surface area contributed by atoms with Gasteiger partial charge in [-0.25, -0.2) is 13.6 Å². The van der Waals surface area contributed by atoms with Gasteiger partial charge >= 0.3 is 6.18 Å². The maximum absolute atomic E-state index is 13.7. The van der Waals surface area contributed by atoms with Gasteiger partial charge in [-0.3, -0.25) is 0 Å². The molecule has 0 saturated heterocycles.